The number of carbonyl (C=O) groups is 4. The summed E-state index contributed by atoms with van der Waals surface area (Å²) in [5.74, 6) is -4.01. The number of imide groups is 2. The maximum absolute atomic E-state index is 13.5. The summed E-state index contributed by atoms with van der Waals surface area (Å²) in [6, 6.07) is 12.3. The molecule has 0 radical (unpaired) electrons. The van der Waals surface area contributed by atoms with Gasteiger partial charge < -0.3 is 0 Å². The van der Waals surface area contributed by atoms with Crippen LogP contribution in [0, 0.1) is 11.6 Å². The van der Waals surface area contributed by atoms with E-state index in [1.807, 2.05) is 0 Å². The second-order valence-corrected chi connectivity index (χ2v) is 6.79. The summed E-state index contributed by atoms with van der Waals surface area (Å²) in [6.45, 7) is 0. The van der Waals surface area contributed by atoms with Gasteiger partial charge in [-0.25, -0.2) is 18.6 Å². The molecular weight excluding hydrogens is 394 g/mol. The van der Waals surface area contributed by atoms with Crippen molar-refractivity contribution in [1.29, 1.82) is 0 Å². The monoisotopic (exact) mass is 404 g/mol. The maximum Gasteiger partial charge on any atom is 0.266 e. The molecular formula is C22H10F2N2O4. The van der Waals surface area contributed by atoms with E-state index in [9.17, 15) is 28.0 Å². The lowest BCUT2D eigenvalue weighted by Crippen LogP contribution is -2.31. The first-order valence-electron chi connectivity index (χ1n) is 8.83. The second-order valence-electron chi connectivity index (χ2n) is 6.79. The van der Waals surface area contributed by atoms with Crippen LogP contribution in [0.3, 0.4) is 0 Å². The van der Waals surface area contributed by atoms with Crippen molar-refractivity contribution in [3.63, 3.8) is 0 Å². The highest BCUT2D eigenvalue weighted by Gasteiger charge is 2.39. The number of rotatable bonds is 2. The number of benzene rings is 3. The normalized spacial score (nSPS) is 15.1. The average molecular weight is 404 g/mol. The number of hydrogen-bond acceptors (Lipinski definition) is 4. The molecule has 3 aromatic rings. The molecule has 0 fully saturated rings. The molecule has 0 saturated carbocycles. The van der Waals surface area contributed by atoms with Crippen LogP contribution in [-0.4, -0.2) is 23.6 Å². The first kappa shape index (κ1) is 17.9. The van der Waals surface area contributed by atoms with Gasteiger partial charge in [-0.1, -0.05) is 6.07 Å². The molecule has 4 amide bonds. The molecule has 0 unspecified atom stereocenters. The van der Waals surface area contributed by atoms with E-state index in [1.165, 1.54) is 36.4 Å². The molecule has 30 heavy (non-hydrogen) atoms. The Kier molecular flexibility index (Phi) is 3.66. The zero-order valence-corrected chi connectivity index (χ0v) is 15.1. The van der Waals surface area contributed by atoms with Crippen LogP contribution in [0.1, 0.15) is 41.4 Å². The van der Waals surface area contributed by atoms with Crippen LogP contribution in [0.4, 0.5) is 20.2 Å². The van der Waals surface area contributed by atoms with Gasteiger partial charge in [0.2, 0.25) is 0 Å². The van der Waals surface area contributed by atoms with Gasteiger partial charge >= 0.3 is 0 Å². The number of fused-ring (bicyclic) bond motifs is 2. The highest BCUT2D eigenvalue weighted by molar-refractivity contribution is 6.36. The second kappa shape index (κ2) is 6.15. The molecule has 2 aliphatic rings. The van der Waals surface area contributed by atoms with Gasteiger partial charge in [0.15, 0.2) is 0 Å². The topological polar surface area (TPSA) is 74.8 Å². The first-order valence-corrected chi connectivity index (χ1v) is 8.83. The first-order chi connectivity index (χ1) is 14.4. The lowest BCUT2D eigenvalue weighted by Gasteiger charge is -2.18. The van der Waals surface area contributed by atoms with Crippen molar-refractivity contribution in [1.82, 2.24) is 0 Å². The summed E-state index contributed by atoms with van der Waals surface area (Å²) < 4.78 is 27.0. The minimum absolute atomic E-state index is 0.0583. The number of carbonyl (C=O) groups excluding carboxylic acids is 4. The molecule has 8 heteroatoms. The van der Waals surface area contributed by atoms with Crippen LogP contribution in [0.15, 0.2) is 60.7 Å². The number of hydrogen-bond donors (Lipinski definition) is 0. The summed E-state index contributed by atoms with van der Waals surface area (Å²) in [5, 5.41) is 0. The van der Waals surface area contributed by atoms with Crippen molar-refractivity contribution in [3.8, 4) is 0 Å². The van der Waals surface area contributed by atoms with Crippen LogP contribution in [0.25, 0.3) is 0 Å². The van der Waals surface area contributed by atoms with E-state index in [0.29, 0.717) is 0 Å². The third kappa shape index (κ3) is 2.40. The van der Waals surface area contributed by atoms with Gasteiger partial charge in [0.1, 0.15) is 11.6 Å². The molecule has 0 aliphatic carbocycles. The molecule has 0 atom stereocenters. The van der Waals surface area contributed by atoms with Gasteiger partial charge in [-0.2, -0.15) is 0 Å². The lowest BCUT2D eigenvalue weighted by atomic mass is 10.1. The van der Waals surface area contributed by atoms with Crippen LogP contribution in [0.2, 0.25) is 0 Å². The Bertz CT molecular complexity index is 1220. The Morgan fingerprint density at radius 2 is 0.900 bits per heavy atom. The molecule has 6 nitrogen and oxygen atoms in total. The molecule has 2 aliphatic heterocycles. The lowest BCUT2D eigenvalue weighted by molar-refractivity contribution is 0.0912. The van der Waals surface area contributed by atoms with Gasteiger partial charge in [0.25, 0.3) is 23.6 Å². The standard InChI is InChI=1S/C22H10F2N2O4/c23-11-4-6-15-17(8-11)21(29)25(19(15)27)13-2-1-3-14(10-13)26-20(28)16-7-5-12(24)9-18(16)22(26)30/h1-10H. The van der Waals surface area contributed by atoms with Crippen molar-refractivity contribution < 1.29 is 28.0 Å². The van der Waals surface area contributed by atoms with E-state index < -0.39 is 35.3 Å². The van der Waals surface area contributed by atoms with Crippen LogP contribution >= 0.6 is 0 Å². The Hall–Kier alpha value is -4.20. The highest BCUT2D eigenvalue weighted by atomic mass is 19.1. The average Bonchev–Trinajstić information content (AvgIpc) is 3.12. The number of nitrogens with zero attached hydrogens (tertiary/aromatic N) is 2. The zero-order valence-electron chi connectivity index (χ0n) is 15.1. The Morgan fingerprint density at radius 3 is 1.33 bits per heavy atom. The van der Waals surface area contributed by atoms with Gasteiger partial charge in [0, 0.05) is 0 Å². The Labute approximate surface area is 167 Å². The Morgan fingerprint density at radius 1 is 0.500 bits per heavy atom. The van der Waals surface area contributed by atoms with Crippen molar-refractivity contribution in [2.45, 2.75) is 0 Å². The van der Waals surface area contributed by atoms with Crippen molar-refractivity contribution in [3.05, 3.63) is 94.6 Å². The van der Waals surface area contributed by atoms with Gasteiger partial charge in [-0.3, -0.25) is 19.2 Å². The van der Waals surface area contributed by atoms with Gasteiger partial charge in [0.05, 0.1) is 33.6 Å². The van der Waals surface area contributed by atoms with Gasteiger partial charge in [-0.05, 0) is 54.6 Å². The fourth-order valence-corrected chi connectivity index (χ4v) is 3.67. The number of amides is 4. The summed E-state index contributed by atoms with van der Waals surface area (Å²) >= 11 is 0. The third-order valence-electron chi connectivity index (χ3n) is 5.04. The Balaban J connectivity index is 1.55. The fourth-order valence-electron chi connectivity index (χ4n) is 3.67. The molecule has 0 N–H and O–H groups in total. The smallest absolute Gasteiger partial charge is 0.266 e. The van der Waals surface area contributed by atoms with E-state index in [4.69, 9.17) is 0 Å². The van der Waals surface area contributed by atoms with E-state index in [0.717, 1.165) is 34.1 Å². The van der Waals surface area contributed by atoms with Crippen LogP contribution in [0.5, 0.6) is 0 Å². The van der Waals surface area contributed by atoms with E-state index in [-0.39, 0.29) is 33.6 Å². The predicted octanol–water partition coefficient (Wildman–Crippen LogP) is 3.57. The SMILES string of the molecule is O=C1c2ccc(F)cc2C(=O)N1c1cccc(N2C(=O)c3ccc(F)cc3C2=O)c1. The summed E-state index contributed by atoms with van der Waals surface area (Å²) in [7, 11) is 0. The molecule has 5 rings (SSSR count). The predicted molar refractivity (Wildman–Crippen MR) is 102 cm³/mol. The summed E-state index contributed by atoms with van der Waals surface area (Å²) in [4.78, 5) is 52.5. The van der Waals surface area contributed by atoms with Crippen molar-refractivity contribution in [2.24, 2.45) is 0 Å². The van der Waals surface area contributed by atoms with Crippen LogP contribution < -0.4 is 9.80 Å². The van der Waals surface area contributed by atoms with E-state index >= 15 is 0 Å². The summed E-state index contributed by atoms with van der Waals surface area (Å²) in [5.41, 5.74) is 0.206. The molecule has 3 aromatic carbocycles. The molecule has 0 saturated heterocycles. The number of anilines is 2. The largest absolute Gasteiger partial charge is 0.268 e. The fraction of sp³-hybridized carbons (Fsp3) is 0. The van der Waals surface area contributed by atoms with Crippen molar-refractivity contribution >= 4 is 35.0 Å². The third-order valence-corrected chi connectivity index (χ3v) is 5.04. The number of halogens is 2. The van der Waals surface area contributed by atoms with Crippen LogP contribution in [-0.2, 0) is 0 Å². The molecule has 0 spiro atoms. The molecule has 2 heterocycles. The molecule has 146 valence electrons. The van der Waals surface area contributed by atoms with Gasteiger partial charge in [-0.15, -0.1) is 0 Å². The highest BCUT2D eigenvalue weighted by Crippen LogP contribution is 2.34. The van der Waals surface area contributed by atoms with E-state index in [2.05, 4.69) is 0 Å². The van der Waals surface area contributed by atoms with Crippen molar-refractivity contribution in [2.75, 3.05) is 9.80 Å². The zero-order chi connectivity index (χ0) is 21.2. The minimum Gasteiger partial charge on any atom is -0.268 e. The van der Waals surface area contributed by atoms with E-state index in [1.54, 1.807) is 0 Å². The summed E-state index contributed by atoms with van der Waals surface area (Å²) in [6.07, 6.45) is 0. The maximum atomic E-state index is 13.5. The molecule has 0 bridgehead atoms. The minimum atomic E-state index is -0.712. The molecule has 0 aromatic heterocycles. The quantitative estimate of drug-likeness (QED) is 0.612.